The summed E-state index contributed by atoms with van der Waals surface area (Å²) in [5.74, 6) is -0.682. The molecule has 0 aliphatic carbocycles. The van der Waals surface area contributed by atoms with E-state index >= 15 is 0 Å². The van der Waals surface area contributed by atoms with Gasteiger partial charge in [0.05, 0.1) is 11.1 Å². The fourth-order valence-corrected chi connectivity index (χ4v) is 3.05. The molecule has 0 amide bonds. The second-order valence-electron chi connectivity index (χ2n) is 3.71. The molecule has 4 nitrogen and oxygen atoms in total. The van der Waals surface area contributed by atoms with Gasteiger partial charge in [0.2, 0.25) is 10.0 Å². The molecular formula is C10H13ClFNO3S. The maximum Gasteiger partial charge on any atom is 0.244 e. The van der Waals surface area contributed by atoms with Crippen LogP contribution in [0.1, 0.15) is 6.92 Å². The van der Waals surface area contributed by atoms with Crippen LogP contribution in [0.5, 0.6) is 0 Å². The first-order valence-electron chi connectivity index (χ1n) is 4.84. The van der Waals surface area contributed by atoms with Crippen LogP contribution in [0.25, 0.3) is 0 Å². The van der Waals surface area contributed by atoms with Crippen LogP contribution in [0.4, 0.5) is 4.39 Å². The van der Waals surface area contributed by atoms with Crippen molar-refractivity contribution < 1.29 is 17.9 Å². The molecule has 0 radical (unpaired) electrons. The minimum Gasteiger partial charge on any atom is -0.392 e. The standard InChI is InChI=1S/C10H13ClFNO3S/c1-7(14)6-13(2)17(15,16)10-5-8(12)3-4-9(10)11/h3-5,7,14H,6H2,1-2H3. The lowest BCUT2D eigenvalue weighted by Crippen LogP contribution is -2.33. The Morgan fingerprint density at radius 1 is 1.53 bits per heavy atom. The van der Waals surface area contributed by atoms with Crippen molar-refractivity contribution >= 4 is 21.6 Å². The van der Waals surface area contributed by atoms with Crippen LogP contribution < -0.4 is 0 Å². The molecule has 0 saturated heterocycles. The molecular weight excluding hydrogens is 269 g/mol. The van der Waals surface area contributed by atoms with Gasteiger partial charge in [-0.05, 0) is 25.1 Å². The van der Waals surface area contributed by atoms with Gasteiger partial charge in [-0.1, -0.05) is 11.6 Å². The molecule has 1 atom stereocenters. The molecule has 0 fully saturated rings. The zero-order valence-corrected chi connectivity index (χ0v) is 11.0. The van der Waals surface area contributed by atoms with E-state index < -0.39 is 21.9 Å². The van der Waals surface area contributed by atoms with Crippen molar-refractivity contribution in [1.29, 1.82) is 0 Å². The second-order valence-corrected chi connectivity index (χ2v) is 6.13. The van der Waals surface area contributed by atoms with Gasteiger partial charge in [-0.3, -0.25) is 0 Å². The van der Waals surface area contributed by atoms with Crippen LogP contribution in [-0.4, -0.2) is 37.5 Å². The molecule has 1 aromatic carbocycles. The highest BCUT2D eigenvalue weighted by molar-refractivity contribution is 7.89. The number of halogens is 2. The lowest BCUT2D eigenvalue weighted by Gasteiger charge is -2.19. The topological polar surface area (TPSA) is 57.6 Å². The molecule has 0 heterocycles. The summed E-state index contributed by atoms with van der Waals surface area (Å²) in [6, 6.07) is 3.12. The first-order chi connectivity index (χ1) is 7.75. The van der Waals surface area contributed by atoms with Gasteiger partial charge >= 0.3 is 0 Å². The van der Waals surface area contributed by atoms with E-state index in [2.05, 4.69) is 0 Å². The van der Waals surface area contributed by atoms with Crippen molar-refractivity contribution in [2.75, 3.05) is 13.6 Å². The van der Waals surface area contributed by atoms with Gasteiger partial charge in [-0.2, -0.15) is 4.31 Å². The molecule has 1 rings (SSSR count). The van der Waals surface area contributed by atoms with Gasteiger partial charge in [-0.15, -0.1) is 0 Å². The predicted octanol–water partition coefficient (Wildman–Crippen LogP) is 1.48. The first-order valence-corrected chi connectivity index (χ1v) is 6.66. The molecule has 17 heavy (non-hydrogen) atoms. The molecule has 1 unspecified atom stereocenters. The average molecular weight is 282 g/mol. The quantitative estimate of drug-likeness (QED) is 0.909. The fourth-order valence-electron chi connectivity index (χ4n) is 1.31. The number of hydrogen-bond donors (Lipinski definition) is 1. The summed E-state index contributed by atoms with van der Waals surface area (Å²) in [4.78, 5) is -0.303. The number of hydrogen-bond acceptors (Lipinski definition) is 3. The summed E-state index contributed by atoms with van der Waals surface area (Å²) < 4.78 is 38.0. The summed E-state index contributed by atoms with van der Waals surface area (Å²) in [5, 5.41) is 9.09. The number of likely N-dealkylation sites (N-methyl/N-ethyl adjacent to an activating group) is 1. The summed E-state index contributed by atoms with van der Waals surface area (Å²) in [7, 11) is -2.59. The maximum absolute atomic E-state index is 13.0. The summed E-state index contributed by atoms with van der Waals surface area (Å²) in [6.45, 7) is 1.37. The van der Waals surface area contributed by atoms with E-state index in [1.807, 2.05) is 0 Å². The largest absolute Gasteiger partial charge is 0.392 e. The highest BCUT2D eigenvalue weighted by atomic mass is 35.5. The van der Waals surface area contributed by atoms with Gasteiger partial charge in [0, 0.05) is 13.6 Å². The van der Waals surface area contributed by atoms with Crippen LogP contribution >= 0.6 is 11.6 Å². The van der Waals surface area contributed by atoms with Crippen molar-refractivity contribution in [3.8, 4) is 0 Å². The highest BCUT2D eigenvalue weighted by Crippen LogP contribution is 2.24. The Hall–Kier alpha value is -0.690. The number of benzene rings is 1. The molecule has 0 bridgehead atoms. The van der Waals surface area contributed by atoms with Crippen LogP contribution in [0, 0.1) is 5.82 Å². The van der Waals surface area contributed by atoms with Crippen LogP contribution in [0.2, 0.25) is 5.02 Å². The van der Waals surface area contributed by atoms with Gasteiger partial charge in [0.25, 0.3) is 0 Å². The Morgan fingerprint density at radius 2 is 2.12 bits per heavy atom. The minimum absolute atomic E-state index is 0.0520. The summed E-state index contributed by atoms with van der Waals surface area (Å²) >= 11 is 5.73. The third-order valence-corrected chi connectivity index (χ3v) is 4.41. The number of sulfonamides is 1. The lowest BCUT2D eigenvalue weighted by molar-refractivity contribution is 0.171. The van der Waals surface area contributed by atoms with Crippen molar-refractivity contribution in [3.63, 3.8) is 0 Å². The van der Waals surface area contributed by atoms with Crippen LogP contribution in [0.3, 0.4) is 0 Å². The van der Waals surface area contributed by atoms with E-state index in [0.717, 1.165) is 16.4 Å². The molecule has 1 aromatic rings. The van der Waals surface area contributed by atoms with Crippen LogP contribution in [0.15, 0.2) is 23.1 Å². The van der Waals surface area contributed by atoms with Crippen LogP contribution in [-0.2, 0) is 10.0 Å². The fraction of sp³-hybridized carbons (Fsp3) is 0.400. The van der Waals surface area contributed by atoms with Crippen molar-refractivity contribution in [3.05, 3.63) is 29.0 Å². The van der Waals surface area contributed by atoms with Gasteiger partial charge in [0.1, 0.15) is 10.7 Å². The van der Waals surface area contributed by atoms with E-state index in [9.17, 15) is 12.8 Å². The molecule has 0 spiro atoms. The van der Waals surface area contributed by atoms with Crippen molar-refractivity contribution in [2.45, 2.75) is 17.9 Å². The molecule has 96 valence electrons. The molecule has 0 aromatic heterocycles. The minimum atomic E-state index is -3.89. The third-order valence-electron chi connectivity index (χ3n) is 2.10. The Morgan fingerprint density at radius 3 is 2.65 bits per heavy atom. The normalized spacial score (nSPS) is 14.0. The Balaban J connectivity index is 3.17. The predicted molar refractivity (Wildman–Crippen MR) is 62.9 cm³/mol. The maximum atomic E-state index is 13.0. The zero-order valence-electron chi connectivity index (χ0n) is 9.39. The number of aliphatic hydroxyl groups excluding tert-OH is 1. The number of nitrogens with zero attached hydrogens (tertiary/aromatic N) is 1. The Labute approximate surface area is 105 Å². The van der Waals surface area contributed by atoms with E-state index in [0.29, 0.717) is 0 Å². The molecule has 0 saturated carbocycles. The Kier molecular flexibility index (Phi) is 4.48. The monoisotopic (exact) mass is 281 g/mol. The molecule has 1 N–H and O–H groups in total. The van der Waals surface area contributed by atoms with Crippen molar-refractivity contribution in [2.24, 2.45) is 0 Å². The van der Waals surface area contributed by atoms with Gasteiger partial charge in [0.15, 0.2) is 0 Å². The number of aliphatic hydroxyl groups is 1. The summed E-state index contributed by atoms with van der Waals surface area (Å²) in [6.07, 6.45) is -0.817. The van der Waals surface area contributed by atoms with E-state index in [-0.39, 0.29) is 16.5 Å². The van der Waals surface area contributed by atoms with Gasteiger partial charge in [-0.25, -0.2) is 12.8 Å². The molecule has 0 aliphatic rings. The van der Waals surface area contributed by atoms with E-state index in [1.54, 1.807) is 0 Å². The second kappa shape index (κ2) is 5.30. The van der Waals surface area contributed by atoms with E-state index in [1.165, 1.54) is 20.0 Å². The Bertz CT molecular complexity index is 504. The third kappa shape index (κ3) is 3.38. The lowest BCUT2D eigenvalue weighted by atomic mass is 10.3. The smallest absolute Gasteiger partial charge is 0.244 e. The molecule has 0 aliphatic heterocycles. The zero-order chi connectivity index (χ0) is 13.2. The number of rotatable bonds is 4. The summed E-state index contributed by atoms with van der Waals surface area (Å²) in [5.41, 5.74) is 0. The average Bonchev–Trinajstić information content (AvgIpc) is 2.20. The van der Waals surface area contributed by atoms with Crippen molar-refractivity contribution in [1.82, 2.24) is 4.31 Å². The SMILES string of the molecule is CC(O)CN(C)S(=O)(=O)c1cc(F)ccc1Cl. The van der Waals surface area contributed by atoms with Gasteiger partial charge < -0.3 is 5.11 Å². The first kappa shape index (κ1) is 14.4. The highest BCUT2D eigenvalue weighted by Gasteiger charge is 2.24. The molecule has 7 heteroatoms. The van der Waals surface area contributed by atoms with E-state index in [4.69, 9.17) is 16.7 Å².